The standard InChI is InChI=1S/C42H59NO2/c1-4-5-6-7-8-9-10-11-12-13-14-15-16-17-18-28-35-44-41(36-43(2)3)37-45-42(38-29-22-19-23-30-38,39-31-24-20-25-32-39)40-33-26-21-27-34-40/h8-9,11-12,19-27,29-34,41H,4-7,10,13-18,28,35-37H2,1-3H3/b9-8+,12-11+. The molecule has 0 amide bonds. The van der Waals surface area contributed by atoms with E-state index in [1.54, 1.807) is 0 Å². The van der Waals surface area contributed by atoms with Gasteiger partial charge in [0, 0.05) is 13.2 Å². The summed E-state index contributed by atoms with van der Waals surface area (Å²) in [5, 5.41) is 0. The van der Waals surface area contributed by atoms with E-state index in [2.05, 4.69) is 141 Å². The molecule has 0 aliphatic carbocycles. The number of unbranched alkanes of at least 4 members (excludes halogenated alkanes) is 9. The number of rotatable bonds is 24. The molecule has 0 aliphatic rings. The molecule has 3 rings (SSSR count). The number of likely N-dealkylation sites (N-methyl/N-ethyl adjacent to an activating group) is 1. The molecule has 3 aromatic carbocycles. The van der Waals surface area contributed by atoms with Crippen LogP contribution in [-0.2, 0) is 15.1 Å². The van der Waals surface area contributed by atoms with Crippen molar-refractivity contribution in [2.75, 3.05) is 33.9 Å². The predicted molar refractivity (Wildman–Crippen MR) is 193 cm³/mol. The van der Waals surface area contributed by atoms with Gasteiger partial charge < -0.3 is 14.4 Å². The maximum atomic E-state index is 7.07. The Bertz CT molecular complexity index is 1080. The largest absolute Gasteiger partial charge is 0.374 e. The van der Waals surface area contributed by atoms with Gasteiger partial charge in [0.15, 0.2) is 0 Å². The second-order valence-electron chi connectivity index (χ2n) is 12.4. The highest BCUT2D eigenvalue weighted by molar-refractivity contribution is 5.47. The molecule has 0 bridgehead atoms. The predicted octanol–water partition coefficient (Wildman–Crippen LogP) is 10.8. The Morgan fingerprint density at radius 1 is 0.600 bits per heavy atom. The molecule has 0 N–H and O–H groups in total. The van der Waals surface area contributed by atoms with Crippen LogP contribution in [0.25, 0.3) is 0 Å². The molecule has 0 fully saturated rings. The van der Waals surface area contributed by atoms with Gasteiger partial charge in [-0.15, -0.1) is 0 Å². The van der Waals surface area contributed by atoms with Crippen LogP contribution in [0.3, 0.4) is 0 Å². The van der Waals surface area contributed by atoms with Crippen molar-refractivity contribution in [3.05, 3.63) is 132 Å². The van der Waals surface area contributed by atoms with Gasteiger partial charge >= 0.3 is 0 Å². The molecule has 0 spiro atoms. The minimum atomic E-state index is -0.724. The van der Waals surface area contributed by atoms with E-state index >= 15 is 0 Å². The topological polar surface area (TPSA) is 21.7 Å². The van der Waals surface area contributed by atoms with Crippen molar-refractivity contribution in [2.24, 2.45) is 0 Å². The summed E-state index contributed by atoms with van der Waals surface area (Å²) in [7, 11) is 4.21. The van der Waals surface area contributed by atoms with Crippen LogP contribution >= 0.6 is 0 Å². The van der Waals surface area contributed by atoms with Crippen LogP contribution in [0.5, 0.6) is 0 Å². The summed E-state index contributed by atoms with van der Waals surface area (Å²) in [6.45, 7) is 4.34. The van der Waals surface area contributed by atoms with Gasteiger partial charge in [-0.05, 0) is 69.3 Å². The molecule has 3 nitrogen and oxygen atoms in total. The van der Waals surface area contributed by atoms with Crippen molar-refractivity contribution in [1.82, 2.24) is 4.90 Å². The normalized spacial score (nSPS) is 12.9. The van der Waals surface area contributed by atoms with Crippen LogP contribution in [0.1, 0.15) is 101 Å². The van der Waals surface area contributed by atoms with E-state index in [1.165, 1.54) is 64.2 Å². The molecule has 0 heterocycles. The molecule has 0 saturated heterocycles. The second kappa shape index (κ2) is 22.5. The maximum absolute atomic E-state index is 7.07. The summed E-state index contributed by atoms with van der Waals surface area (Å²) >= 11 is 0. The lowest BCUT2D eigenvalue weighted by Gasteiger charge is -2.37. The Morgan fingerprint density at radius 2 is 1.07 bits per heavy atom. The zero-order valence-electron chi connectivity index (χ0n) is 28.4. The van der Waals surface area contributed by atoms with Crippen LogP contribution in [-0.4, -0.2) is 44.9 Å². The number of benzene rings is 3. The number of hydrogen-bond acceptors (Lipinski definition) is 3. The van der Waals surface area contributed by atoms with E-state index < -0.39 is 5.60 Å². The Kier molecular flexibility index (Phi) is 18.3. The highest BCUT2D eigenvalue weighted by Gasteiger charge is 2.38. The minimum absolute atomic E-state index is 0.0199. The Hall–Kier alpha value is -2.98. The Morgan fingerprint density at radius 3 is 1.56 bits per heavy atom. The van der Waals surface area contributed by atoms with Crippen LogP contribution in [0, 0.1) is 0 Å². The Balaban J connectivity index is 1.46. The molecule has 1 unspecified atom stereocenters. The SMILES string of the molecule is CCCCC/C=C/C/C=C/CCCCCCCCOC(COC(c1ccccc1)(c1ccccc1)c1ccccc1)CN(C)C. The average molecular weight is 610 g/mol. The summed E-state index contributed by atoms with van der Waals surface area (Å²) in [6.07, 6.45) is 24.3. The quantitative estimate of drug-likeness (QED) is 0.0573. The molecule has 0 aromatic heterocycles. The third-order valence-corrected chi connectivity index (χ3v) is 8.29. The van der Waals surface area contributed by atoms with Crippen LogP contribution in [0.2, 0.25) is 0 Å². The molecule has 3 aromatic rings. The lowest BCUT2D eigenvalue weighted by molar-refractivity contribution is -0.0715. The fraction of sp³-hybridized carbons (Fsp3) is 0.476. The van der Waals surface area contributed by atoms with Gasteiger partial charge in [0.25, 0.3) is 0 Å². The van der Waals surface area contributed by atoms with Crippen molar-refractivity contribution in [2.45, 2.75) is 95.7 Å². The lowest BCUT2D eigenvalue weighted by atomic mass is 9.80. The van der Waals surface area contributed by atoms with Crippen molar-refractivity contribution in [3.8, 4) is 0 Å². The third-order valence-electron chi connectivity index (χ3n) is 8.29. The van der Waals surface area contributed by atoms with Crippen molar-refractivity contribution in [1.29, 1.82) is 0 Å². The van der Waals surface area contributed by atoms with E-state index in [9.17, 15) is 0 Å². The van der Waals surface area contributed by atoms with Gasteiger partial charge in [-0.2, -0.15) is 0 Å². The van der Waals surface area contributed by atoms with Gasteiger partial charge in [0.05, 0.1) is 12.7 Å². The molecule has 3 heteroatoms. The molecule has 244 valence electrons. The fourth-order valence-electron chi connectivity index (χ4n) is 5.89. The monoisotopic (exact) mass is 609 g/mol. The van der Waals surface area contributed by atoms with E-state index in [0.29, 0.717) is 6.61 Å². The highest BCUT2D eigenvalue weighted by atomic mass is 16.5. The van der Waals surface area contributed by atoms with E-state index in [0.717, 1.165) is 42.7 Å². The van der Waals surface area contributed by atoms with Crippen LogP contribution in [0.15, 0.2) is 115 Å². The molecule has 45 heavy (non-hydrogen) atoms. The van der Waals surface area contributed by atoms with E-state index in [-0.39, 0.29) is 6.10 Å². The molecular weight excluding hydrogens is 550 g/mol. The van der Waals surface area contributed by atoms with Gasteiger partial charge in [-0.1, -0.05) is 161 Å². The average Bonchev–Trinajstić information content (AvgIpc) is 3.07. The summed E-state index contributed by atoms with van der Waals surface area (Å²) in [4.78, 5) is 2.20. The van der Waals surface area contributed by atoms with Crippen LogP contribution in [0.4, 0.5) is 0 Å². The number of hydrogen-bond donors (Lipinski definition) is 0. The zero-order valence-corrected chi connectivity index (χ0v) is 28.4. The molecule has 0 aliphatic heterocycles. The zero-order chi connectivity index (χ0) is 31.8. The smallest absolute Gasteiger partial charge is 0.143 e. The van der Waals surface area contributed by atoms with Gasteiger partial charge in [-0.3, -0.25) is 0 Å². The lowest BCUT2D eigenvalue weighted by Crippen LogP contribution is -2.39. The minimum Gasteiger partial charge on any atom is -0.374 e. The third kappa shape index (κ3) is 13.5. The Labute approximate surface area is 275 Å². The molecular formula is C42H59NO2. The van der Waals surface area contributed by atoms with Crippen molar-refractivity contribution < 1.29 is 9.47 Å². The maximum Gasteiger partial charge on any atom is 0.143 e. The summed E-state index contributed by atoms with van der Waals surface area (Å²) in [5.41, 5.74) is 2.64. The molecule has 1 atom stereocenters. The first-order valence-corrected chi connectivity index (χ1v) is 17.5. The van der Waals surface area contributed by atoms with Gasteiger partial charge in [-0.25, -0.2) is 0 Å². The summed E-state index contributed by atoms with van der Waals surface area (Å²) in [5.74, 6) is 0. The van der Waals surface area contributed by atoms with E-state index in [4.69, 9.17) is 9.47 Å². The highest BCUT2D eigenvalue weighted by Crippen LogP contribution is 2.40. The van der Waals surface area contributed by atoms with Gasteiger partial charge in [0.2, 0.25) is 0 Å². The first-order chi connectivity index (χ1) is 22.2. The van der Waals surface area contributed by atoms with Gasteiger partial charge in [0.1, 0.15) is 5.60 Å². The number of ether oxygens (including phenoxy) is 2. The van der Waals surface area contributed by atoms with E-state index in [1.807, 2.05) is 0 Å². The van der Waals surface area contributed by atoms with Crippen LogP contribution < -0.4 is 0 Å². The number of nitrogens with zero attached hydrogens (tertiary/aromatic N) is 1. The molecule has 0 radical (unpaired) electrons. The first kappa shape index (κ1) is 36.5. The number of allylic oxidation sites excluding steroid dienone is 4. The van der Waals surface area contributed by atoms with Crippen molar-refractivity contribution in [3.63, 3.8) is 0 Å². The summed E-state index contributed by atoms with van der Waals surface area (Å²) in [6, 6.07) is 31.8. The second-order valence-corrected chi connectivity index (χ2v) is 12.4. The fourth-order valence-corrected chi connectivity index (χ4v) is 5.89. The first-order valence-electron chi connectivity index (χ1n) is 17.5. The summed E-state index contributed by atoms with van der Waals surface area (Å²) < 4.78 is 13.6. The molecule has 0 saturated carbocycles. The van der Waals surface area contributed by atoms with Crippen molar-refractivity contribution >= 4 is 0 Å².